The second kappa shape index (κ2) is 38.3. The van der Waals surface area contributed by atoms with Gasteiger partial charge < -0.3 is 51.7 Å². The number of amides is 4. The molecule has 12 rings (SSSR count). The Morgan fingerprint density at radius 3 is 1.16 bits per heavy atom. The van der Waals surface area contributed by atoms with Crippen molar-refractivity contribution in [2.75, 3.05) is 27.0 Å². The van der Waals surface area contributed by atoms with E-state index in [0.717, 1.165) is 39.2 Å². The van der Waals surface area contributed by atoms with Gasteiger partial charge in [-0.1, -0.05) is 154 Å². The lowest BCUT2D eigenvalue weighted by molar-refractivity contribution is 0.0826. The monoisotopic (exact) mass is 1530 g/mol. The molecule has 0 aliphatic rings. The Morgan fingerprint density at radius 2 is 0.777 bits per heavy atom. The van der Waals surface area contributed by atoms with Crippen LogP contribution < -0.4 is 27.0 Å². The van der Waals surface area contributed by atoms with Gasteiger partial charge in [0.15, 0.2) is 28.1 Å². The Balaban J connectivity index is 0.000000264. The molecular formula is C89H100N10O12S. The van der Waals surface area contributed by atoms with Gasteiger partial charge in [0.2, 0.25) is 5.78 Å². The van der Waals surface area contributed by atoms with E-state index in [9.17, 15) is 53.7 Å². The van der Waals surface area contributed by atoms with Gasteiger partial charge in [-0.15, -0.1) is 16.4 Å². The average molecular weight is 1530 g/mol. The van der Waals surface area contributed by atoms with Crippen LogP contribution in [0.1, 0.15) is 196 Å². The number of thiazole rings is 1. The molecule has 0 aliphatic carbocycles. The lowest BCUT2D eigenvalue weighted by Crippen LogP contribution is -2.20. The van der Waals surface area contributed by atoms with Crippen LogP contribution in [0, 0.1) is 21.7 Å². The Bertz CT molecular complexity index is 4520. The number of nitrogens with one attached hydrogen (secondary N) is 5. The molecule has 4 aromatic heterocycles. The number of aromatic amines is 1. The van der Waals surface area contributed by atoms with Crippen molar-refractivity contribution in [3.8, 4) is 56.4 Å². The molecule has 584 valence electrons. The number of aromatic hydroxyl groups is 3. The Labute approximate surface area is 658 Å². The molecule has 4 heterocycles. The fraction of sp³-hybridized carbons (Fsp3) is 0.225. The van der Waals surface area contributed by atoms with E-state index in [0.29, 0.717) is 72.8 Å². The largest absolute Gasteiger partial charge is 0.508 e. The molecule has 0 fully saturated rings. The lowest BCUT2D eigenvalue weighted by Gasteiger charge is -2.14. The predicted octanol–water partition coefficient (Wildman–Crippen LogP) is 20.9. The highest BCUT2D eigenvalue weighted by molar-refractivity contribution is 7.12. The van der Waals surface area contributed by atoms with Crippen molar-refractivity contribution in [3.63, 3.8) is 0 Å². The molecule has 12 aromatic rings. The number of hydrogen-bond acceptors (Lipinski definition) is 17. The normalized spacial score (nSPS) is 10.8. The number of nitrogen functional groups attached to an aromatic ring is 1. The first-order valence-corrected chi connectivity index (χ1v) is 35.1. The Hall–Kier alpha value is -13.2. The number of hydrogen-bond donors (Lipinski definition) is 9. The maximum Gasteiger partial charge on any atom is 0.255 e. The van der Waals surface area contributed by atoms with Gasteiger partial charge in [0, 0.05) is 95.1 Å². The van der Waals surface area contributed by atoms with Crippen LogP contribution >= 0.6 is 11.3 Å². The summed E-state index contributed by atoms with van der Waals surface area (Å²) in [6, 6.07) is 57.5. The molecule has 22 nitrogen and oxygen atoms in total. The minimum Gasteiger partial charge on any atom is -0.508 e. The van der Waals surface area contributed by atoms with Crippen LogP contribution in [0.2, 0.25) is 0 Å². The van der Waals surface area contributed by atoms with Crippen LogP contribution in [0.25, 0.3) is 39.2 Å². The number of rotatable bonds is 16. The molecule has 0 saturated heterocycles. The van der Waals surface area contributed by atoms with Gasteiger partial charge >= 0.3 is 0 Å². The number of phenolic OH excluding ortho intramolecular Hbond substituents is 3. The van der Waals surface area contributed by atoms with E-state index < -0.39 is 21.7 Å². The average Bonchev–Trinajstić information content (AvgIpc) is 1.65. The van der Waals surface area contributed by atoms with Crippen LogP contribution in [0.4, 0.5) is 28.4 Å². The van der Waals surface area contributed by atoms with E-state index in [1.807, 2.05) is 161 Å². The number of Topliss-reactive ketones (excluding diaryl/α,β-unsaturated/α-hetero) is 4. The zero-order valence-electron chi connectivity index (χ0n) is 61.7. The van der Waals surface area contributed by atoms with Crippen LogP contribution in [0.15, 0.2) is 235 Å². The predicted molar refractivity (Wildman–Crippen MR) is 448 cm³/mol. The fourth-order valence-corrected chi connectivity index (χ4v) is 11.0. The van der Waals surface area contributed by atoms with E-state index in [2.05, 4.69) is 41.5 Å². The number of H-pyrrole nitrogens is 1. The van der Waals surface area contributed by atoms with Crippen molar-refractivity contribution in [1.82, 2.24) is 25.0 Å². The van der Waals surface area contributed by atoms with Crippen LogP contribution in [-0.4, -0.2) is 87.0 Å². The van der Waals surface area contributed by atoms with Crippen molar-refractivity contribution in [1.29, 1.82) is 0 Å². The number of carbonyl (C=O) groups is 8. The van der Waals surface area contributed by atoms with Crippen molar-refractivity contribution < 1.29 is 58.1 Å². The molecule has 8 aromatic carbocycles. The van der Waals surface area contributed by atoms with Crippen molar-refractivity contribution >= 4 is 86.5 Å². The second-order valence-corrected chi connectivity index (χ2v) is 30.1. The van der Waals surface area contributed by atoms with Gasteiger partial charge in [0.25, 0.3) is 23.6 Å². The quantitative estimate of drug-likeness (QED) is 0.0321. The van der Waals surface area contributed by atoms with E-state index in [1.165, 1.54) is 52.4 Å². The van der Waals surface area contributed by atoms with Gasteiger partial charge in [-0.2, -0.15) is 0 Å². The minimum absolute atomic E-state index is 0. The molecule has 10 N–H and O–H groups in total. The summed E-state index contributed by atoms with van der Waals surface area (Å²) in [5.74, 6) is -0.334. The first kappa shape index (κ1) is 89.5. The lowest BCUT2D eigenvalue weighted by atomic mass is 9.89. The fourth-order valence-electron chi connectivity index (χ4n) is 9.98. The maximum atomic E-state index is 12.3. The van der Waals surface area contributed by atoms with Crippen LogP contribution in [-0.2, 0) is 0 Å². The number of nitrogens with zero attached hydrogens (tertiary/aromatic N) is 4. The third kappa shape index (κ3) is 24.4. The number of ketones is 4. The molecule has 0 spiro atoms. The zero-order chi connectivity index (χ0) is 78.4. The Morgan fingerprint density at radius 1 is 0.420 bits per heavy atom. The summed E-state index contributed by atoms with van der Waals surface area (Å²) in [4.78, 5) is 106. The summed E-state index contributed by atoms with van der Waals surface area (Å²) in [6.07, 6.45) is 4.97. The van der Waals surface area contributed by atoms with Gasteiger partial charge in [0.1, 0.15) is 22.9 Å². The van der Waals surface area contributed by atoms with Gasteiger partial charge in [-0.05, 0) is 187 Å². The van der Waals surface area contributed by atoms with Gasteiger partial charge in [-0.3, -0.25) is 38.4 Å². The minimum atomic E-state index is -0.525. The Kier molecular flexibility index (Phi) is 30.6. The molecule has 0 bridgehead atoms. The highest BCUT2D eigenvalue weighted by Gasteiger charge is 2.29. The standard InChI is InChI=1S/2C22H22N2O3.C21H20N2O3S.C20H20N4O3.4CH4/c1-22(2,3)20(25)19-12-16(13-27-19)14-6-10-18(11-7-14)24-21(26)15-4-8-17(23)9-5-15;1-22(2,3)20(26)19-12-16(13-23-19)14-4-8-17(9-5-14)24-21(27)15-6-10-18(25)11-7-15;1-21(2,3)18(25)20-23-17(12-27-20)13-4-8-15(9-5-13)22-19(26)14-6-10-16(24)11-7-14;1-20(2,3)18(26)17-12-24(23-22-17)15-8-6-14(7-9-15)21-19(27)13-4-10-16(25)11-5-13;;;;/h4-13H,23H2,1-3H3,(H,24,26);4-13,23,25H,1-3H3,(H,24,27);4-12,24H,1-3H3,(H,22,26);4-12,25H,1-3H3,(H,21,27);4*1H4. The third-order valence-corrected chi connectivity index (χ3v) is 17.1. The summed E-state index contributed by atoms with van der Waals surface area (Å²) in [5, 5.41) is 49.4. The molecule has 0 saturated carbocycles. The van der Waals surface area contributed by atoms with Crippen molar-refractivity contribution in [2.24, 2.45) is 21.7 Å². The highest BCUT2D eigenvalue weighted by Crippen LogP contribution is 2.32. The van der Waals surface area contributed by atoms with E-state index in [4.69, 9.17) is 10.2 Å². The first-order chi connectivity index (χ1) is 50.9. The summed E-state index contributed by atoms with van der Waals surface area (Å²) in [5.41, 5.74) is 15.7. The number of benzene rings is 8. The summed E-state index contributed by atoms with van der Waals surface area (Å²) >= 11 is 1.34. The molecular weight excluding hydrogens is 1430 g/mol. The number of nitrogens with two attached hydrogens (primary N) is 1. The van der Waals surface area contributed by atoms with E-state index >= 15 is 0 Å². The molecule has 0 aliphatic heterocycles. The summed E-state index contributed by atoms with van der Waals surface area (Å²) in [7, 11) is 0. The van der Waals surface area contributed by atoms with Crippen molar-refractivity contribution in [3.05, 3.63) is 275 Å². The molecule has 0 atom stereocenters. The number of phenols is 3. The number of anilines is 5. The second-order valence-electron chi connectivity index (χ2n) is 29.3. The molecule has 112 heavy (non-hydrogen) atoms. The van der Waals surface area contributed by atoms with E-state index in [1.54, 1.807) is 116 Å². The topological polar surface area (TPSA) is 344 Å². The van der Waals surface area contributed by atoms with Crippen LogP contribution in [0.5, 0.6) is 17.2 Å². The van der Waals surface area contributed by atoms with Gasteiger partial charge in [0.05, 0.1) is 29.5 Å². The van der Waals surface area contributed by atoms with Crippen LogP contribution in [0.3, 0.4) is 0 Å². The smallest absolute Gasteiger partial charge is 0.255 e. The zero-order valence-corrected chi connectivity index (χ0v) is 62.5. The SMILES string of the molecule is C.C.C.C.CC(C)(C)C(=O)c1cc(-c2ccc(NC(=O)c3ccc(N)cc3)cc2)co1.CC(C)(C)C(=O)c1cc(-c2ccc(NC(=O)c3ccc(O)cc3)cc2)c[nH]1.CC(C)(C)C(=O)c1cn(-c2ccc(NC(=O)c3ccc(O)cc3)cc2)nn1.CC(C)(C)C(=O)c1nc(-c2ccc(NC(=O)c3ccc(O)cc3)cc2)cs1. The number of furan rings is 1. The maximum absolute atomic E-state index is 12.3. The highest BCUT2D eigenvalue weighted by atomic mass is 32.1. The van der Waals surface area contributed by atoms with Gasteiger partial charge in [-0.25, -0.2) is 9.67 Å². The summed E-state index contributed by atoms with van der Waals surface area (Å²) < 4.78 is 6.96. The number of aromatic nitrogens is 5. The molecule has 0 unspecified atom stereocenters. The van der Waals surface area contributed by atoms with E-state index in [-0.39, 0.29) is 93.7 Å². The number of carbonyl (C=O) groups excluding carboxylic acids is 8. The summed E-state index contributed by atoms with van der Waals surface area (Å²) in [6.45, 7) is 22.4. The van der Waals surface area contributed by atoms with Crippen molar-refractivity contribution in [2.45, 2.75) is 113 Å². The first-order valence-electron chi connectivity index (χ1n) is 34.2. The third-order valence-electron chi connectivity index (χ3n) is 16.2. The molecule has 4 amide bonds. The molecule has 0 radical (unpaired) electrons. The molecule has 23 heteroatoms.